The van der Waals surface area contributed by atoms with Crippen molar-refractivity contribution in [1.29, 1.82) is 0 Å². The van der Waals surface area contributed by atoms with Crippen LogP contribution in [0.4, 0.5) is 8.78 Å². The molecule has 3 nitrogen and oxygen atoms in total. The first-order chi connectivity index (χ1) is 9.67. The minimum atomic E-state index is -1.68. The van der Waals surface area contributed by atoms with Gasteiger partial charge in [0.1, 0.15) is 17.2 Å². The molecule has 0 spiro atoms. The molecule has 1 aromatic rings. The highest BCUT2D eigenvalue weighted by Gasteiger charge is 2.49. The van der Waals surface area contributed by atoms with E-state index in [0.717, 1.165) is 12.1 Å². The minimum absolute atomic E-state index is 0.0566. The Morgan fingerprint density at radius 2 is 1.71 bits per heavy atom. The molecule has 1 saturated heterocycles. The summed E-state index contributed by atoms with van der Waals surface area (Å²) in [5.41, 5.74) is -2.04. The van der Waals surface area contributed by atoms with Gasteiger partial charge in [-0.2, -0.15) is 0 Å². The molecule has 21 heavy (non-hydrogen) atoms. The molecule has 1 amide bonds. The molecule has 0 aromatic heterocycles. The number of likely N-dealkylation sites (tertiary alicyclic amines) is 1. The third-order valence-corrected chi connectivity index (χ3v) is 4.56. The smallest absolute Gasteiger partial charge is 0.219 e. The Kier molecular flexibility index (Phi) is 4.26. The summed E-state index contributed by atoms with van der Waals surface area (Å²) in [7, 11) is 0. The Labute approximate surface area is 127 Å². The van der Waals surface area contributed by atoms with E-state index < -0.39 is 29.1 Å². The number of hydrogen-bond acceptors (Lipinski definition) is 2. The van der Waals surface area contributed by atoms with Gasteiger partial charge < -0.3 is 10.0 Å². The number of rotatable bonds is 1. The number of aliphatic hydroxyl groups is 1. The van der Waals surface area contributed by atoms with Crippen molar-refractivity contribution < 1.29 is 18.7 Å². The SMILES string of the molecule is CC(=O)N1C[C@@H](C)C(O)(c2c(F)cc(Cl)cc2F)[C@@H](C)C1. The number of amides is 1. The van der Waals surface area contributed by atoms with E-state index in [0.29, 0.717) is 0 Å². The van der Waals surface area contributed by atoms with Crippen LogP contribution in [0.2, 0.25) is 5.02 Å². The monoisotopic (exact) mass is 317 g/mol. The van der Waals surface area contributed by atoms with Crippen molar-refractivity contribution in [2.24, 2.45) is 11.8 Å². The van der Waals surface area contributed by atoms with E-state index in [1.807, 2.05) is 0 Å². The number of piperidine rings is 1. The number of hydrogen-bond donors (Lipinski definition) is 1. The van der Waals surface area contributed by atoms with Crippen molar-refractivity contribution in [2.45, 2.75) is 26.4 Å². The fraction of sp³-hybridized carbons (Fsp3) is 0.533. The van der Waals surface area contributed by atoms with Gasteiger partial charge in [-0.05, 0) is 12.1 Å². The van der Waals surface area contributed by atoms with Crippen LogP contribution in [0.25, 0.3) is 0 Å². The van der Waals surface area contributed by atoms with Crippen LogP contribution in [0.1, 0.15) is 26.3 Å². The number of benzene rings is 1. The molecule has 1 aromatic carbocycles. The summed E-state index contributed by atoms with van der Waals surface area (Å²) in [6.45, 7) is 5.29. The lowest BCUT2D eigenvalue weighted by atomic mass is 9.70. The standard InChI is InChI=1S/C15H18ClF2NO2/c1-8-6-19(10(3)20)7-9(2)15(8,21)14-12(17)4-11(16)5-13(14)18/h4-5,8-9,21H,6-7H2,1-3H3/t8-,9+,15?. The van der Waals surface area contributed by atoms with Crippen molar-refractivity contribution >= 4 is 17.5 Å². The summed E-state index contributed by atoms with van der Waals surface area (Å²) in [4.78, 5) is 13.1. The lowest BCUT2D eigenvalue weighted by Gasteiger charge is -2.47. The van der Waals surface area contributed by atoms with Gasteiger partial charge in [-0.3, -0.25) is 4.79 Å². The lowest BCUT2D eigenvalue weighted by Crippen LogP contribution is -2.56. The van der Waals surface area contributed by atoms with Gasteiger partial charge in [-0.15, -0.1) is 0 Å². The Morgan fingerprint density at radius 1 is 1.29 bits per heavy atom. The lowest BCUT2D eigenvalue weighted by molar-refractivity contribution is -0.147. The maximum absolute atomic E-state index is 14.2. The molecule has 1 fully saturated rings. The van der Waals surface area contributed by atoms with Crippen LogP contribution in [0.15, 0.2) is 12.1 Å². The number of carbonyl (C=O) groups is 1. The van der Waals surface area contributed by atoms with Crippen LogP contribution in [0, 0.1) is 23.5 Å². The molecular formula is C15H18ClF2NO2. The summed E-state index contributed by atoms with van der Waals surface area (Å²) in [5.74, 6) is -2.85. The van der Waals surface area contributed by atoms with E-state index in [2.05, 4.69) is 0 Å². The second-order valence-electron chi connectivity index (χ2n) is 5.80. The topological polar surface area (TPSA) is 40.5 Å². The molecule has 1 heterocycles. The molecule has 0 saturated carbocycles. The van der Waals surface area contributed by atoms with Crippen molar-refractivity contribution in [3.63, 3.8) is 0 Å². The van der Waals surface area contributed by atoms with Gasteiger partial charge in [0.2, 0.25) is 5.91 Å². The van der Waals surface area contributed by atoms with E-state index in [1.54, 1.807) is 18.7 Å². The zero-order valence-electron chi connectivity index (χ0n) is 12.2. The second-order valence-corrected chi connectivity index (χ2v) is 6.23. The molecule has 3 atom stereocenters. The molecular weight excluding hydrogens is 300 g/mol. The molecule has 6 heteroatoms. The van der Waals surface area contributed by atoms with Crippen LogP contribution >= 0.6 is 11.6 Å². The number of halogens is 3. The van der Waals surface area contributed by atoms with Crippen molar-refractivity contribution in [1.82, 2.24) is 4.90 Å². The molecule has 2 rings (SSSR count). The first-order valence-corrected chi connectivity index (χ1v) is 7.18. The van der Waals surface area contributed by atoms with Crippen LogP contribution in [-0.2, 0) is 10.4 Å². The largest absolute Gasteiger partial charge is 0.384 e. The minimum Gasteiger partial charge on any atom is -0.384 e. The van der Waals surface area contributed by atoms with E-state index in [1.165, 1.54) is 6.92 Å². The highest BCUT2D eigenvalue weighted by Crippen LogP contribution is 2.43. The predicted octanol–water partition coefficient (Wildman–Crippen LogP) is 2.94. The van der Waals surface area contributed by atoms with Crippen molar-refractivity contribution in [2.75, 3.05) is 13.1 Å². The third kappa shape index (κ3) is 2.64. The molecule has 116 valence electrons. The zero-order chi connectivity index (χ0) is 15.9. The van der Waals surface area contributed by atoms with E-state index in [-0.39, 0.29) is 29.6 Å². The van der Waals surface area contributed by atoms with Crippen LogP contribution < -0.4 is 0 Å². The molecule has 0 bridgehead atoms. The molecule has 0 radical (unpaired) electrons. The normalized spacial score (nSPS) is 29.6. The van der Waals surface area contributed by atoms with E-state index in [4.69, 9.17) is 11.6 Å². The van der Waals surface area contributed by atoms with Crippen molar-refractivity contribution in [3.8, 4) is 0 Å². The second kappa shape index (κ2) is 5.54. The molecule has 1 N–H and O–H groups in total. The van der Waals surface area contributed by atoms with Gasteiger partial charge in [-0.1, -0.05) is 25.4 Å². The van der Waals surface area contributed by atoms with Crippen LogP contribution in [-0.4, -0.2) is 29.0 Å². The predicted molar refractivity (Wildman–Crippen MR) is 75.8 cm³/mol. The van der Waals surface area contributed by atoms with Gasteiger partial charge in [0, 0.05) is 36.9 Å². The fourth-order valence-electron chi connectivity index (χ4n) is 3.17. The Hall–Kier alpha value is -1.20. The fourth-order valence-corrected chi connectivity index (χ4v) is 3.37. The summed E-state index contributed by atoms with van der Waals surface area (Å²) >= 11 is 5.63. The van der Waals surface area contributed by atoms with Gasteiger partial charge in [0.25, 0.3) is 0 Å². The maximum Gasteiger partial charge on any atom is 0.219 e. The highest BCUT2D eigenvalue weighted by molar-refractivity contribution is 6.30. The summed E-state index contributed by atoms with van der Waals surface area (Å²) in [5, 5.41) is 10.9. The summed E-state index contributed by atoms with van der Waals surface area (Å²) in [6.07, 6.45) is 0. The van der Waals surface area contributed by atoms with Gasteiger partial charge in [0.05, 0.1) is 5.56 Å². The molecule has 1 unspecified atom stereocenters. The van der Waals surface area contributed by atoms with Gasteiger partial charge in [-0.25, -0.2) is 8.78 Å². The Morgan fingerprint density at radius 3 is 2.10 bits per heavy atom. The average Bonchev–Trinajstić information content (AvgIpc) is 2.34. The zero-order valence-corrected chi connectivity index (χ0v) is 12.9. The van der Waals surface area contributed by atoms with Crippen molar-refractivity contribution in [3.05, 3.63) is 34.4 Å². The highest BCUT2D eigenvalue weighted by atomic mass is 35.5. The van der Waals surface area contributed by atoms with E-state index in [9.17, 15) is 18.7 Å². The Bertz CT molecular complexity index is 544. The summed E-state index contributed by atoms with van der Waals surface area (Å²) in [6, 6.07) is 1.99. The van der Waals surface area contributed by atoms with Gasteiger partial charge in [0.15, 0.2) is 0 Å². The van der Waals surface area contributed by atoms with Gasteiger partial charge >= 0.3 is 0 Å². The average molecular weight is 318 g/mol. The van der Waals surface area contributed by atoms with E-state index >= 15 is 0 Å². The maximum atomic E-state index is 14.2. The number of nitrogens with zero attached hydrogens (tertiary/aromatic N) is 1. The summed E-state index contributed by atoms with van der Waals surface area (Å²) < 4.78 is 28.4. The number of carbonyl (C=O) groups excluding carboxylic acids is 1. The molecule has 1 aliphatic rings. The molecule has 1 aliphatic heterocycles. The van der Waals surface area contributed by atoms with Crippen LogP contribution in [0.5, 0.6) is 0 Å². The first kappa shape index (κ1) is 16.2. The van der Waals surface area contributed by atoms with Crippen LogP contribution in [0.3, 0.4) is 0 Å². The Balaban J connectivity index is 2.49. The molecule has 0 aliphatic carbocycles. The first-order valence-electron chi connectivity index (χ1n) is 6.80. The quantitative estimate of drug-likeness (QED) is 0.865. The third-order valence-electron chi connectivity index (χ3n) is 4.34.